The standard InChI is InChI=1S/C15H15BrS/c1-11-13(4-3-5-15(11)16)10-12-6-8-14(17-2)9-7-12/h3-9H,10H2,1-2H3. The van der Waals surface area contributed by atoms with Crippen LogP contribution in [0.25, 0.3) is 0 Å². The van der Waals surface area contributed by atoms with E-state index in [0.717, 1.165) is 6.42 Å². The van der Waals surface area contributed by atoms with Gasteiger partial charge < -0.3 is 0 Å². The smallest absolute Gasteiger partial charge is 0.0207 e. The summed E-state index contributed by atoms with van der Waals surface area (Å²) in [6, 6.07) is 15.2. The first-order valence-corrected chi connectivity index (χ1v) is 7.59. The molecule has 0 unspecified atom stereocenters. The quantitative estimate of drug-likeness (QED) is 0.713. The lowest BCUT2D eigenvalue weighted by atomic mass is 10.0. The number of hydrogen-bond donors (Lipinski definition) is 0. The van der Waals surface area contributed by atoms with Crippen LogP contribution in [-0.2, 0) is 6.42 Å². The van der Waals surface area contributed by atoms with E-state index in [2.05, 4.69) is 71.6 Å². The Balaban J connectivity index is 2.22. The second kappa shape index (κ2) is 5.74. The molecule has 0 heterocycles. The van der Waals surface area contributed by atoms with Gasteiger partial charge in [-0.15, -0.1) is 11.8 Å². The summed E-state index contributed by atoms with van der Waals surface area (Å²) in [6.45, 7) is 2.16. The zero-order chi connectivity index (χ0) is 12.3. The van der Waals surface area contributed by atoms with E-state index in [1.165, 1.54) is 26.1 Å². The second-order valence-electron chi connectivity index (χ2n) is 4.05. The number of halogens is 1. The Hall–Kier alpha value is -0.730. The minimum Gasteiger partial charge on any atom is -0.130 e. The highest BCUT2D eigenvalue weighted by molar-refractivity contribution is 9.10. The molecule has 0 saturated heterocycles. The lowest BCUT2D eigenvalue weighted by molar-refractivity contribution is 1.14. The van der Waals surface area contributed by atoms with Gasteiger partial charge in [-0.25, -0.2) is 0 Å². The van der Waals surface area contributed by atoms with Crippen LogP contribution in [0.15, 0.2) is 51.8 Å². The summed E-state index contributed by atoms with van der Waals surface area (Å²) < 4.78 is 1.19. The Morgan fingerprint density at radius 1 is 1.06 bits per heavy atom. The van der Waals surface area contributed by atoms with Gasteiger partial charge in [0.25, 0.3) is 0 Å². The lowest BCUT2D eigenvalue weighted by Crippen LogP contribution is -1.92. The van der Waals surface area contributed by atoms with Gasteiger partial charge in [0.15, 0.2) is 0 Å². The van der Waals surface area contributed by atoms with Crippen LogP contribution < -0.4 is 0 Å². The third-order valence-electron chi connectivity index (χ3n) is 2.93. The van der Waals surface area contributed by atoms with Crippen LogP contribution in [0.5, 0.6) is 0 Å². The van der Waals surface area contributed by atoms with Crippen molar-refractivity contribution in [2.24, 2.45) is 0 Å². The zero-order valence-corrected chi connectivity index (χ0v) is 12.4. The van der Waals surface area contributed by atoms with Crippen molar-refractivity contribution in [3.63, 3.8) is 0 Å². The summed E-state index contributed by atoms with van der Waals surface area (Å²) in [4.78, 5) is 1.32. The molecule has 2 aromatic rings. The van der Waals surface area contributed by atoms with Crippen molar-refractivity contribution in [1.82, 2.24) is 0 Å². The van der Waals surface area contributed by atoms with Crippen LogP contribution in [0.1, 0.15) is 16.7 Å². The van der Waals surface area contributed by atoms with Crippen molar-refractivity contribution in [2.75, 3.05) is 6.26 Å². The van der Waals surface area contributed by atoms with Gasteiger partial charge in [-0.2, -0.15) is 0 Å². The Labute approximate surface area is 116 Å². The lowest BCUT2D eigenvalue weighted by Gasteiger charge is -2.08. The van der Waals surface area contributed by atoms with Gasteiger partial charge in [0.05, 0.1) is 0 Å². The van der Waals surface area contributed by atoms with E-state index >= 15 is 0 Å². The molecule has 0 fully saturated rings. The first-order chi connectivity index (χ1) is 8.20. The minimum atomic E-state index is 1.000. The molecule has 0 aliphatic rings. The Morgan fingerprint density at radius 2 is 1.76 bits per heavy atom. The summed E-state index contributed by atoms with van der Waals surface area (Å²) >= 11 is 5.36. The molecular formula is C15H15BrS. The summed E-state index contributed by atoms with van der Waals surface area (Å²) in [7, 11) is 0. The van der Waals surface area contributed by atoms with Gasteiger partial charge in [0, 0.05) is 9.37 Å². The Kier molecular flexibility index (Phi) is 4.30. The summed E-state index contributed by atoms with van der Waals surface area (Å²) in [5.74, 6) is 0. The van der Waals surface area contributed by atoms with Crippen molar-refractivity contribution in [2.45, 2.75) is 18.2 Å². The summed E-state index contributed by atoms with van der Waals surface area (Å²) in [6.07, 6.45) is 3.10. The van der Waals surface area contributed by atoms with Crippen LogP contribution in [0.4, 0.5) is 0 Å². The van der Waals surface area contributed by atoms with E-state index in [-0.39, 0.29) is 0 Å². The van der Waals surface area contributed by atoms with Crippen molar-refractivity contribution >= 4 is 27.7 Å². The SMILES string of the molecule is CSc1ccc(Cc2cccc(Br)c2C)cc1. The van der Waals surface area contributed by atoms with E-state index in [1.54, 1.807) is 11.8 Å². The molecule has 0 aliphatic carbocycles. The molecule has 0 spiro atoms. The van der Waals surface area contributed by atoms with Crippen molar-refractivity contribution in [3.05, 3.63) is 63.6 Å². The van der Waals surface area contributed by atoms with Gasteiger partial charge in [-0.05, 0) is 54.5 Å². The summed E-state index contributed by atoms with van der Waals surface area (Å²) in [5.41, 5.74) is 4.08. The predicted octanol–water partition coefficient (Wildman–Crippen LogP) is 5.07. The van der Waals surface area contributed by atoms with E-state index in [4.69, 9.17) is 0 Å². The molecule has 2 aromatic carbocycles. The molecule has 0 atom stereocenters. The number of benzene rings is 2. The van der Waals surface area contributed by atoms with Gasteiger partial charge in [-0.1, -0.05) is 40.2 Å². The predicted molar refractivity (Wildman–Crippen MR) is 79.9 cm³/mol. The van der Waals surface area contributed by atoms with Crippen LogP contribution >= 0.6 is 27.7 Å². The topological polar surface area (TPSA) is 0 Å². The average molecular weight is 307 g/mol. The van der Waals surface area contributed by atoms with E-state index in [0.29, 0.717) is 0 Å². The molecule has 17 heavy (non-hydrogen) atoms. The zero-order valence-electron chi connectivity index (χ0n) is 10.0. The van der Waals surface area contributed by atoms with E-state index < -0.39 is 0 Å². The Morgan fingerprint density at radius 3 is 2.41 bits per heavy atom. The first kappa shape index (κ1) is 12.7. The third kappa shape index (κ3) is 3.14. The molecule has 0 bridgehead atoms. The van der Waals surface area contributed by atoms with E-state index in [1.807, 2.05) is 0 Å². The molecule has 0 aromatic heterocycles. The van der Waals surface area contributed by atoms with Crippen LogP contribution in [0.3, 0.4) is 0 Å². The van der Waals surface area contributed by atoms with Gasteiger partial charge in [-0.3, -0.25) is 0 Å². The highest BCUT2D eigenvalue weighted by atomic mass is 79.9. The maximum Gasteiger partial charge on any atom is 0.0207 e. The van der Waals surface area contributed by atoms with Crippen LogP contribution in [0.2, 0.25) is 0 Å². The molecule has 0 amide bonds. The molecule has 0 radical (unpaired) electrons. The molecule has 0 aliphatic heterocycles. The highest BCUT2D eigenvalue weighted by Gasteiger charge is 2.03. The molecule has 2 rings (SSSR count). The number of hydrogen-bond acceptors (Lipinski definition) is 1. The van der Waals surface area contributed by atoms with Crippen molar-refractivity contribution in [1.29, 1.82) is 0 Å². The fourth-order valence-corrected chi connectivity index (χ4v) is 2.62. The number of thioether (sulfide) groups is 1. The van der Waals surface area contributed by atoms with Gasteiger partial charge in [0.1, 0.15) is 0 Å². The second-order valence-corrected chi connectivity index (χ2v) is 5.78. The molecule has 88 valence electrons. The normalized spacial score (nSPS) is 10.5. The molecule has 0 N–H and O–H groups in total. The van der Waals surface area contributed by atoms with Gasteiger partial charge in [0.2, 0.25) is 0 Å². The Bertz CT molecular complexity index is 503. The molecule has 0 saturated carbocycles. The first-order valence-electron chi connectivity index (χ1n) is 5.57. The highest BCUT2D eigenvalue weighted by Crippen LogP contribution is 2.23. The third-order valence-corrected chi connectivity index (χ3v) is 4.54. The van der Waals surface area contributed by atoms with E-state index in [9.17, 15) is 0 Å². The average Bonchev–Trinajstić information content (AvgIpc) is 2.36. The largest absolute Gasteiger partial charge is 0.130 e. The fourth-order valence-electron chi connectivity index (χ4n) is 1.81. The molecule has 0 nitrogen and oxygen atoms in total. The monoisotopic (exact) mass is 306 g/mol. The van der Waals surface area contributed by atoms with Crippen molar-refractivity contribution < 1.29 is 0 Å². The van der Waals surface area contributed by atoms with Gasteiger partial charge >= 0.3 is 0 Å². The molecular weight excluding hydrogens is 292 g/mol. The maximum atomic E-state index is 3.58. The molecule has 2 heteroatoms. The van der Waals surface area contributed by atoms with Crippen LogP contribution in [-0.4, -0.2) is 6.26 Å². The summed E-state index contributed by atoms with van der Waals surface area (Å²) in [5, 5.41) is 0. The van der Waals surface area contributed by atoms with Crippen molar-refractivity contribution in [3.8, 4) is 0 Å². The minimum absolute atomic E-state index is 1.000. The number of rotatable bonds is 3. The maximum absolute atomic E-state index is 3.58. The van der Waals surface area contributed by atoms with Crippen LogP contribution in [0, 0.1) is 6.92 Å². The fraction of sp³-hybridized carbons (Fsp3) is 0.200.